The summed E-state index contributed by atoms with van der Waals surface area (Å²) < 4.78 is 26.5. The van der Waals surface area contributed by atoms with Gasteiger partial charge in [0, 0.05) is 12.1 Å². The Labute approximate surface area is 200 Å². The first kappa shape index (κ1) is 23.7. The minimum Gasteiger partial charge on any atom is -0.481 e. The van der Waals surface area contributed by atoms with Crippen molar-refractivity contribution in [2.24, 2.45) is 0 Å². The van der Waals surface area contributed by atoms with Crippen LogP contribution in [0.2, 0.25) is 0 Å². The molecule has 0 spiro atoms. The Bertz CT molecular complexity index is 1360. The van der Waals surface area contributed by atoms with Gasteiger partial charge in [0.1, 0.15) is 29.6 Å². The number of halogens is 1. The summed E-state index contributed by atoms with van der Waals surface area (Å²) in [6.07, 6.45) is -0.320. The number of carboxylic acid groups (broad SMARTS) is 1. The molecule has 2 aromatic heterocycles. The first-order valence-electron chi connectivity index (χ1n) is 10.8. The predicted octanol–water partition coefficient (Wildman–Crippen LogP) is 4.14. The molecule has 2 N–H and O–H groups in total. The zero-order valence-corrected chi connectivity index (χ0v) is 19.1. The lowest BCUT2D eigenvalue weighted by atomic mass is 9.98. The number of benzene rings is 2. The van der Waals surface area contributed by atoms with Crippen LogP contribution in [0.25, 0.3) is 5.69 Å². The zero-order valence-electron chi connectivity index (χ0n) is 19.1. The van der Waals surface area contributed by atoms with Crippen LogP contribution in [0.3, 0.4) is 0 Å². The van der Waals surface area contributed by atoms with Crippen LogP contribution in [0.5, 0.6) is 5.88 Å². The van der Waals surface area contributed by atoms with Crippen LogP contribution in [0, 0.1) is 19.7 Å². The molecule has 10 heteroatoms. The first-order valence-corrected chi connectivity index (χ1v) is 10.8. The van der Waals surface area contributed by atoms with Crippen molar-refractivity contribution in [1.29, 1.82) is 0 Å². The molecule has 180 valence electrons. The third-order valence-electron chi connectivity index (χ3n) is 5.28. The van der Waals surface area contributed by atoms with E-state index in [9.17, 15) is 19.1 Å². The molecule has 0 aliphatic rings. The Morgan fingerprint density at radius 1 is 1.14 bits per heavy atom. The molecular formula is C25H23FN4O5. The second-order valence-corrected chi connectivity index (χ2v) is 7.93. The van der Waals surface area contributed by atoms with E-state index >= 15 is 0 Å². The molecule has 0 unspecified atom stereocenters. The summed E-state index contributed by atoms with van der Waals surface area (Å²) in [5, 5.41) is 20.2. The van der Waals surface area contributed by atoms with Gasteiger partial charge in [-0.3, -0.25) is 9.59 Å². The average molecular weight is 478 g/mol. The van der Waals surface area contributed by atoms with Gasteiger partial charge in [0.25, 0.3) is 5.91 Å². The molecule has 4 rings (SSSR count). The van der Waals surface area contributed by atoms with Gasteiger partial charge in [-0.1, -0.05) is 41.6 Å². The molecule has 0 bridgehead atoms. The molecule has 4 aromatic rings. The maximum Gasteiger partial charge on any atom is 0.305 e. The third kappa shape index (κ3) is 5.55. The number of aliphatic carboxylic acids is 1. The number of ether oxygens (including phenoxy) is 1. The number of rotatable bonds is 9. The quantitative estimate of drug-likeness (QED) is 0.371. The number of nitrogens with zero attached hydrogens (tertiary/aromatic N) is 3. The molecule has 1 amide bonds. The van der Waals surface area contributed by atoms with Gasteiger partial charge in [-0.15, -0.1) is 0 Å². The largest absolute Gasteiger partial charge is 0.481 e. The fraction of sp³-hybridized carbons (Fsp3) is 0.200. The molecule has 0 saturated heterocycles. The van der Waals surface area contributed by atoms with Crippen LogP contribution in [-0.4, -0.2) is 31.9 Å². The van der Waals surface area contributed by atoms with Crippen molar-refractivity contribution in [1.82, 2.24) is 20.3 Å². The van der Waals surface area contributed by atoms with Gasteiger partial charge in [0.15, 0.2) is 5.69 Å². The summed E-state index contributed by atoms with van der Waals surface area (Å²) in [7, 11) is 0. The van der Waals surface area contributed by atoms with E-state index in [1.54, 1.807) is 31.2 Å². The maximum atomic E-state index is 14.5. The smallest absolute Gasteiger partial charge is 0.305 e. The van der Waals surface area contributed by atoms with E-state index < -0.39 is 23.7 Å². The highest BCUT2D eigenvalue weighted by Gasteiger charge is 2.24. The number of aryl methyl sites for hydroxylation is 2. The first-order chi connectivity index (χ1) is 16.8. The summed E-state index contributed by atoms with van der Waals surface area (Å²) >= 11 is 0. The number of amides is 1. The van der Waals surface area contributed by atoms with Crippen LogP contribution in [0.4, 0.5) is 4.39 Å². The van der Waals surface area contributed by atoms with Crippen LogP contribution >= 0.6 is 0 Å². The molecule has 0 aliphatic heterocycles. The van der Waals surface area contributed by atoms with Crippen molar-refractivity contribution in [3.8, 4) is 11.6 Å². The fourth-order valence-electron chi connectivity index (χ4n) is 3.63. The van der Waals surface area contributed by atoms with Crippen molar-refractivity contribution in [3.63, 3.8) is 0 Å². The van der Waals surface area contributed by atoms with Crippen LogP contribution in [0.1, 0.15) is 45.5 Å². The Hall–Kier alpha value is -4.47. The standard InChI is InChI=1S/C25H23FN4O5/c1-15-7-3-4-8-18(15)20(13-24(31)32)27-25(33)21-12-23(34-14-17-11-16(2)35-29-17)30(28-21)22-10-6-5-9-19(22)26/h3-12,20H,13-14H2,1-2H3,(H,27,33)(H,31,32)/t20-/m0/s1. The summed E-state index contributed by atoms with van der Waals surface area (Å²) in [6, 6.07) is 15.4. The molecule has 2 aromatic carbocycles. The lowest BCUT2D eigenvalue weighted by Crippen LogP contribution is -2.31. The number of carboxylic acids is 1. The predicted molar refractivity (Wildman–Crippen MR) is 123 cm³/mol. The SMILES string of the molecule is Cc1cc(COc2cc(C(=O)N[C@@H](CC(=O)O)c3ccccc3C)nn2-c2ccccc2F)no1. The zero-order chi connectivity index (χ0) is 24.9. The Morgan fingerprint density at radius 2 is 1.89 bits per heavy atom. The van der Waals surface area contributed by atoms with Gasteiger partial charge in [-0.05, 0) is 37.1 Å². The van der Waals surface area contributed by atoms with Crippen molar-refractivity contribution < 1.29 is 28.3 Å². The van der Waals surface area contributed by atoms with Crippen molar-refractivity contribution in [2.45, 2.75) is 32.9 Å². The third-order valence-corrected chi connectivity index (χ3v) is 5.28. The number of hydrogen-bond acceptors (Lipinski definition) is 6. The van der Waals surface area contributed by atoms with E-state index in [1.807, 2.05) is 19.1 Å². The normalized spacial score (nSPS) is 11.7. The number of carbonyl (C=O) groups excluding carboxylic acids is 1. The van der Waals surface area contributed by atoms with E-state index in [0.717, 1.165) is 5.56 Å². The van der Waals surface area contributed by atoms with Crippen LogP contribution in [0.15, 0.2) is 65.2 Å². The van der Waals surface area contributed by atoms with Gasteiger partial charge in [0.05, 0.1) is 12.5 Å². The number of carbonyl (C=O) groups is 2. The Kier molecular flexibility index (Phi) is 6.91. The molecule has 0 aliphatic carbocycles. The highest BCUT2D eigenvalue weighted by Crippen LogP contribution is 2.25. The van der Waals surface area contributed by atoms with Crippen LogP contribution in [-0.2, 0) is 11.4 Å². The fourth-order valence-corrected chi connectivity index (χ4v) is 3.63. The van der Waals surface area contributed by atoms with E-state index in [0.29, 0.717) is 17.0 Å². The Balaban J connectivity index is 1.65. The van der Waals surface area contributed by atoms with Crippen molar-refractivity contribution in [3.05, 3.63) is 94.8 Å². The molecular weight excluding hydrogens is 455 g/mol. The number of para-hydroxylation sites is 1. The van der Waals surface area contributed by atoms with Crippen molar-refractivity contribution >= 4 is 11.9 Å². The minimum atomic E-state index is -1.07. The maximum absolute atomic E-state index is 14.5. The number of aromatic nitrogens is 3. The second kappa shape index (κ2) is 10.2. The molecule has 0 radical (unpaired) electrons. The number of nitrogens with one attached hydrogen (secondary N) is 1. The topological polar surface area (TPSA) is 119 Å². The van der Waals surface area contributed by atoms with Crippen molar-refractivity contribution in [2.75, 3.05) is 0 Å². The molecule has 0 fully saturated rings. The lowest BCUT2D eigenvalue weighted by molar-refractivity contribution is -0.137. The van der Waals surface area contributed by atoms with Gasteiger partial charge in [-0.2, -0.15) is 9.78 Å². The second-order valence-electron chi connectivity index (χ2n) is 7.93. The van der Waals surface area contributed by atoms with Gasteiger partial charge >= 0.3 is 5.97 Å². The summed E-state index contributed by atoms with van der Waals surface area (Å²) in [5.74, 6) is -1.55. The molecule has 0 saturated carbocycles. The number of hydrogen-bond donors (Lipinski definition) is 2. The molecule has 1 atom stereocenters. The summed E-state index contributed by atoms with van der Waals surface area (Å²) in [5.41, 5.74) is 2.04. The van der Waals surface area contributed by atoms with Gasteiger partial charge in [0.2, 0.25) is 5.88 Å². The van der Waals surface area contributed by atoms with Crippen LogP contribution < -0.4 is 10.1 Å². The molecule has 9 nitrogen and oxygen atoms in total. The highest BCUT2D eigenvalue weighted by atomic mass is 19.1. The highest BCUT2D eigenvalue weighted by molar-refractivity contribution is 5.93. The minimum absolute atomic E-state index is 0.00337. The molecule has 2 heterocycles. The monoisotopic (exact) mass is 478 g/mol. The summed E-state index contributed by atoms with van der Waals surface area (Å²) in [4.78, 5) is 24.6. The lowest BCUT2D eigenvalue weighted by Gasteiger charge is -2.18. The molecule has 35 heavy (non-hydrogen) atoms. The summed E-state index contributed by atoms with van der Waals surface area (Å²) in [6.45, 7) is 3.58. The van der Waals surface area contributed by atoms with Gasteiger partial charge < -0.3 is 19.7 Å². The van der Waals surface area contributed by atoms with E-state index in [4.69, 9.17) is 9.26 Å². The van der Waals surface area contributed by atoms with E-state index in [-0.39, 0.29) is 30.3 Å². The van der Waals surface area contributed by atoms with E-state index in [1.165, 1.54) is 28.9 Å². The average Bonchev–Trinajstić information content (AvgIpc) is 3.43. The van der Waals surface area contributed by atoms with E-state index in [2.05, 4.69) is 15.6 Å². The van der Waals surface area contributed by atoms with Gasteiger partial charge in [-0.25, -0.2) is 4.39 Å². The Morgan fingerprint density at radius 3 is 2.57 bits per heavy atom.